The zero-order valence-electron chi connectivity index (χ0n) is 8.52. The molecule has 84 valence electrons. The Labute approximate surface area is 85.6 Å². The second kappa shape index (κ2) is 8.89. The molecule has 0 saturated heterocycles. The molecule has 0 aromatic heterocycles. The first kappa shape index (κ1) is 15.8. The van der Waals surface area contributed by atoms with Gasteiger partial charge >= 0.3 is 0 Å². The molecule has 0 aliphatic heterocycles. The van der Waals surface area contributed by atoms with Crippen molar-refractivity contribution in [2.45, 2.75) is 0 Å². The minimum Gasteiger partial charge on any atom is -0.726 e. The van der Waals surface area contributed by atoms with E-state index in [0.29, 0.717) is 0 Å². The maximum Gasteiger partial charge on any atom is 0.217 e. The molecule has 0 rings (SSSR count). The SMILES string of the molecule is C=CC[NH+](C)CC=C.COS(=O)(=O)[O-]. The Morgan fingerprint density at radius 3 is 1.79 bits per heavy atom. The third kappa shape index (κ3) is 17.4. The third-order valence-corrected chi connectivity index (χ3v) is 1.60. The topological polar surface area (TPSA) is 70.9 Å². The molecule has 0 radical (unpaired) electrons. The van der Waals surface area contributed by atoms with Gasteiger partial charge in [0.2, 0.25) is 10.4 Å². The Kier molecular flexibility index (Phi) is 10.0. The molecule has 0 aliphatic carbocycles. The van der Waals surface area contributed by atoms with Crippen LogP contribution in [-0.2, 0) is 14.6 Å². The maximum absolute atomic E-state index is 9.22. The first-order chi connectivity index (χ1) is 6.37. The Hall–Kier alpha value is -0.690. The van der Waals surface area contributed by atoms with Gasteiger partial charge in [-0.3, -0.25) is 4.18 Å². The Morgan fingerprint density at radius 2 is 1.64 bits per heavy atom. The van der Waals surface area contributed by atoms with Gasteiger partial charge in [0.1, 0.15) is 0 Å². The quantitative estimate of drug-likeness (QED) is 0.367. The number of hydrogen-bond donors (Lipinski definition) is 1. The lowest BCUT2D eigenvalue weighted by molar-refractivity contribution is -0.866. The van der Waals surface area contributed by atoms with Gasteiger partial charge in [-0.15, -0.1) is 0 Å². The van der Waals surface area contributed by atoms with Crippen LogP contribution < -0.4 is 4.90 Å². The Bertz CT molecular complexity index is 238. The van der Waals surface area contributed by atoms with Gasteiger partial charge in [-0.2, -0.15) is 0 Å². The van der Waals surface area contributed by atoms with Gasteiger partial charge in [0, 0.05) is 0 Å². The van der Waals surface area contributed by atoms with E-state index in [2.05, 4.69) is 24.4 Å². The predicted molar refractivity (Wildman–Crippen MR) is 53.7 cm³/mol. The van der Waals surface area contributed by atoms with Crippen LogP contribution in [-0.4, -0.2) is 40.2 Å². The summed E-state index contributed by atoms with van der Waals surface area (Å²) in [7, 11) is -1.49. The van der Waals surface area contributed by atoms with E-state index in [0.717, 1.165) is 20.2 Å². The second-order valence-electron chi connectivity index (χ2n) is 2.52. The van der Waals surface area contributed by atoms with Crippen molar-refractivity contribution in [1.82, 2.24) is 0 Å². The maximum atomic E-state index is 9.22. The highest BCUT2D eigenvalue weighted by Gasteiger charge is 1.89. The molecule has 0 aromatic rings. The van der Waals surface area contributed by atoms with Gasteiger partial charge in [0.05, 0.1) is 27.2 Å². The molecule has 0 aliphatic rings. The summed E-state index contributed by atoms with van der Waals surface area (Å²) in [5.74, 6) is 0. The van der Waals surface area contributed by atoms with Crippen molar-refractivity contribution in [2.75, 3.05) is 27.2 Å². The minimum absolute atomic E-state index is 0.808. The van der Waals surface area contributed by atoms with Crippen molar-refractivity contribution < 1.29 is 22.1 Å². The molecule has 0 saturated carbocycles. The van der Waals surface area contributed by atoms with Crippen LogP contribution in [0.15, 0.2) is 25.3 Å². The summed E-state index contributed by atoms with van der Waals surface area (Å²) in [4.78, 5) is 1.43. The lowest BCUT2D eigenvalue weighted by Gasteiger charge is -2.06. The van der Waals surface area contributed by atoms with Gasteiger partial charge in [0.15, 0.2) is 0 Å². The molecule has 0 aromatic carbocycles. The van der Waals surface area contributed by atoms with Gasteiger partial charge in [-0.05, 0) is 12.2 Å². The number of hydrogen-bond acceptors (Lipinski definition) is 4. The summed E-state index contributed by atoms with van der Waals surface area (Å²) in [6.45, 7) is 9.30. The molecular weight excluding hydrogens is 206 g/mol. The van der Waals surface area contributed by atoms with E-state index in [4.69, 9.17) is 0 Å². The lowest BCUT2D eigenvalue weighted by Crippen LogP contribution is -3.08. The van der Waals surface area contributed by atoms with E-state index in [1.165, 1.54) is 4.90 Å². The van der Waals surface area contributed by atoms with Crippen LogP contribution in [0.5, 0.6) is 0 Å². The second-order valence-corrected chi connectivity index (χ2v) is 3.67. The fourth-order valence-corrected chi connectivity index (χ4v) is 0.576. The van der Waals surface area contributed by atoms with Crippen LogP contribution in [0.25, 0.3) is 0 Å². The van der Waals surface area contributed by atoms with Gasteiger partial charge in [0.25, 0.3) is 0 Å². The molecule has 0 spiro atoms. The molecule has 0 heterocycles. The first-order valence-corrected chi connectivity index (χ1v) is 5.25. The van der Waals surface area contributed by atoms with Gasteiger partial charge < -0.3 is 9.45 Å². The minimum atomic E-state index is -4.41. The summed E-state index contributed by atoms with van der Waals surface area (Å²) in [6.07, 6.45) is 3.83. The summed E-state index contributed by atoms with van der Waals surface area (Å²) in [6, 6.07) is 0. The number of nitrogens with one attached hydrogen (secondary N) is 1. The van der Waals surface area contributed by atoms with Crippen molar-refractivity contribution in [3.8, 4) is 0 Å². The average molecular weight is 223 g/mol. The molecule has 5 nitrogen and oxygen atoms in total. The van der Waals surface area contributed by atoms with E-state index >= 15 is 0 Å². The van der Waals surface area contributed by atoms with Crippen molar-refractivity contribution >= 4 is 10.4 Å². The molecule has 0 atom stereocenters. The smallest absolute Gasteiger partial charge is 0.217 e. The molecule has 6 heteroatoms. The molecule has 0 fully saturated rings. The highest BCUT2D eigenvalue weighted by atomic mass is 32.3. The van der Waals surface area contributed by atoms with E-state index in [-0.39, 0.29) is 0 Å². The molecule has 1 N–H and O–H groups in total. The molecule has 0 bridgehead atoms. The standard InChI is InChI=1S/C7H13N.CH4O4S/c1-4-6-8(3)7-5-2;1-5-6(2,3)4/h4-5H,1-2,6-7H2,3H3;1H3,(H,2,3,4). The Morgan fingerprint density at radius 1 is 1.36 bits per heavy atom. The summed E-state index contributed by atoms with van der Waals surface area (Å²) >= 11 is 0. The summed E-state index contributed by atoms with van der Waals surface area (Å²) in [5, 5.41) is 0. The monoisotopic (exact) mass is 223 g/mol. The van der Waals surface area contributed by atoms with Crippen LogP contribution in [0.4, 0.5) is 0 Å². The van der Waals surface area contributed by atoms with Crippen molar-refractivity contribution in [2.24, 2.45) is 0 Å². The Balaban J connectivity index is 0. The van der Waals surface area contributed by atoms with Crippen LogP contribution in [0.3, 0.4) is 0 Å². The number of likely N-dealkylation sites (N-methyl/N-ethyl adjacent to an activating group) is 1. The highest BCUT2D eigenvalue weighted by molar-refractivity contribution is 7.80. The van der Waals surface area contributed by atoms with Gasteiger partial charge in [-0.25, -0.2) is 8.42 Å². The number of rotatable bonds is 5. The zero-order chi connectivity index (χ0) is 11.6. The number of quaternary nitrogens is 1. The van der Waals surface area contributed by atoms with Crippen molar-refractivity contribution in [3.63, 3.8) is 0 Å². The van der Waals surface area contributed by atoms with Crippen molar-refractivity contribution in [3.05, 3.63) is 25.3 Å². The molecule has 0 amide bonds. The van der Waals surface area contributed by atoms with Crippen LogP contribution >= 0.6 is 0 Å². The largest absolute Gasteiger partial charge is 0.726 e. The van der Waals surface area contributed by atoms with Crippen molar-refractivity contribution in [1.29, 1.82) is 0 Å². The van der Waals surface area contributed by atoms with E-state index in [1.807, 2.05) is 12.2 Å². The third-order valence-electron chi connectivity index (χ3n) is 1.19. The summed E-state index contributed by atoms with van der Waals surface area (Å²) < 4.78 is 31.0. The zero-order valence-corrected chi connectivity index (χ0v) is 9.34. The van der Waals surface area contributed by atoms with E-state index in [9.17, 15) is 13.0 Å². The first-order valence-electron chi connectivity index (χ1n) is 3.92. The summed E-state index contributed by atoms with van der Waals surface area (Å²) in [5.41, 5.74) is 0. The average Bonchev–Trinajstić information content (AvgIpc) is 2.05. The molecular formula is C8H17NO4S. The van der Waals surface area contributed by atoms with Crippen LogP contribution in [0.1, 0.15) is 0 Å². The fraction of sp³-hybridized carbons (Fsp3) is 0.500. The van der Waals surface area contributed by atoms with E-state index in [1.54, 1.807) is 0 Å². The highest BCUT2D eigenvalue weighted by Crippen LogP contribution is 1.74. The van der Waals surface area contributed by atoms with Crippen LogP contribution in [0.2, 0.25) is 0 Å². The van der Waals surface area contributed by atoms with Gasteiger partial charge in [-0.1, -0.05) is 13.2 Å². The fourth-order valence-electron chi connectivity index (χ4n) is 0.576. The molecule has 14 heavy (non-hydrogen) atoms. The lowest BCUT2D eigenvalue weighted by atomic mass is 10.5. The normalized spacial score (nSPS) is 10.3. The molecule has 0 unspecified atom stereocenters. The van der Waals surface area contributed by atoms with E-state index < -0.39 is 10.4 Å². The predicted octanol–water partition coefficient (Wildman–Crippen LogP) is -1.03. The van der Waals surface area contributed by atoms with Crippen LogP contribution in [0, 0.1) is 0 Å².